The van der Waals surface area contributed by atoms with E-state index in [2.05, 4.69) is 115 Å². The predicted molar refractivity (Wildman–Crippen MR) is 195 cm³/mol. The van der Waals surface area contributed by atoms with E-state index in [0.29, 0.717) is 11.9 Å². The van der Waals surface area contributed by atoms with Gasteiger partial charge < -0.3 is 0 Å². The molecular weight excluding hydrogens is 879 g/mol. The van der Waals surface area contributed by atoms with Gasteiger partial charge >= 0.3 is 39.3 Å². The first-order valence-corrected chi connectivity index (χ1v) is 24.1. The molecule has 0 saturated carbocycles. The van der Waals surface area contributed by atoms with Gasteiger partial charge in [-0.25, -0.2) is 0 Å². The van der Waals surface area contributed by atoms with Crippen LogP contribution in [-0.2, 0) is 10.9 Å². The average Bonchev–Trinajstić information content (AvgIpc) is 2.83. The summed E-state index contributed by atoms with van der Waals surface area (Å²) in [5.41, 5.74) is 1.70. The zero-order valence-electron chi connectivity index (χ0n) is 23.9. The van der Waals surface area contributed by atoms with Gasteiger partial charge in [0.05, 0.1) is 19.9 Å². The molecular formula is C28H43Br4Cl2NiO2P2+. The molecule has 0 aliphatic heterocycles. The number of halogens is 6. The van der Waals surface area contributed by atoms with Crippen LogP contribution in [0.25, 0.3) is 0 Å². The zero-order chi connectivity index (χ0) is 31.1. The quantitative estimate of drug-likeness (QED) is 0.125. The fourth-order valence-electron chi connectivity index (χ4n) is 3.54. The number of Topliss-reactive ketones (excluding diaryl/α,β-unsaturated/α-hetero) is 2. The maximum absolute atomic E-state index is 12.4. The molecule has 0 radical (unpaired) electrons. The van der Waals surface area contributed by atoms with E-state index in [0.717, 1.165) is 21.5 Å². The van der Waals surface area contributed by atoms with E-state index in [1.165, 1.54) is 10.9 Å². The van der Waals surface area contributed by atoms with E-state index < -0.39 is 7.92 Å². The first kappa shape index (κ1) is 45.1. The van der Waals surface area contributed by atoms with Crippen molar-refractivity contribution in [3.63, 3.8) is 0 Å². The number of carbonyl (C=O) groups excluding carboxylic acids is 2. The van der Waals surface area contributed by atoms with Crippen molar-refractivity contribution in [1.29, 1.82) is 0 Å². The maximum atomic E-state index is 12.4. The number of alkyl halides is 4. The molecule has 11 heteroatoms. The Hall–Kier alpha value is 1.63. The van der Waals surface area contributed by atoms with Crippen LogP contribution in [-0.4, -0.2) is 57.1 Å². The van der Waals surface area contributed by atoms with Gasteiger partial charge in [-0.05, 0) is 54.9 Å². The minimum absolute atomic E-state index is 0.113. The van der Waals surface area contributed by atoms with Crippen molar-refractivity contribution in [2.24, 2.45) is 0 Å². The number of hydrogen-bond donors (Lipinski definition) is 0. The van der Waals surface area contributed by atoms with Crippen LogP contribution in [0.5, 0.6) is 0 Å². The summed E-state index contributed by atoms with van der Waals surface area (Å²) in [5.74, 6) is 0.570. The van der Waals surface area contributed by atoms with E-state index in [-0.39, 0.29) is 29.4 Å². The third kappa shape index (κ3) is 27.0. The summed E-state index contributed by atoms with van der Waals surface area (Å²) in [5, 5.41) is 0.681. The fourth-order valence-corrected chi connectivity index (χ4v) is 8.14. The molecule has 2 nitrogen and oxygen atoms in total. The normalized spacial score (nSPS) is 10.6. The first-order valence-electron chi connectivity index (χ1n) is 11.8. The van der Waals surface area contributed by atoms with Crippen LogP contribution in [0.2, 0.25) is 0 Å². The standard InChI is InChI=1S/C16H25OP.C10H13OP.CH2Br2.CH2Cl2.2BrH.Ni/c1-15(2,3)18(16(4,5)6)12-14(17)13-10-8-7-9-11-13;1-12(2)8-10(11)9-6-4-3-5-7-9;2*2-1-3;;;/h7-11H,12H2,1-6H3;3-7H,8H2,1-2H3;2*1H2;2*1H;/q;;;;;;+2/p-1. The van der Waals surface area contributed by atoms with Gasteiger partial charge in [-0.15, -0.1) is 31.1 Å². The Balaban J connectivity index is -0.000000529. The summed E-state index contributed by atoms with van der Waals surface area (Å²) in [6, 6.07) is 19.2. The Kier molecular flexibility index (Phi) is 31.4. The van der Waals surface area contributed by atoms with Crippen molar-refractivity contribution in [3.8, 4) is 0 Å². The summed E-state index contributed by atoms with van der Waals surface area (Å²) in [4.78, 5) is 23.8. The van der Waals surface area contributed by atoms with E-state index in [9.17, 15) is 9.59 Å². The number of carbonyl (C=O) groups is 2. The third-order valence-corrected chi connectivity index (χ3v) is 10.0. The molecule has 0 spiro atoms. The molecule has 0 fully saturated rings. The van der Waals surface area contributed by atoms with Gasteiger partial charge in [0.2, 0.25) is 0 Å². The van der Waals surface area contributed by atoms with Crippen LogP contribution in [0.3, 0.4) is 0 Å². The Labute approximate surface area is 287 Å². The molecule has 2 rings (SSSR count). The molecule has 39 heavy (non-hydrogen) atoms. The molecule has 0 bridgehead atoms. The molecule has 0 aromatic heterocycles. The topological polar surface area (TPSA) is 34.1 Å². The second-order valence-electron chi connectivity index (χ2n) is 10.2. The van der Waals surface area contributed by atoms with Crippen molar-refractivity contribution in [3.05, 3.63) is 71.8 Å². The third-order valence-electron chi connectivity index (χ3n) is 4.80. The van der Waals surface area contributed by atoms with Crippen molar-refractivity contribution < 1.29 is 20.5 Å². The van der Waals surface area contributed by atoms with Gasteiger partial charge in [-0.3, -0.25) is 9.59 Å². The molecule has 0 atom stereocenters. The van der Waals surface area contributed by atoms with E-state index in [1.807, 2.05) is 60.7 Å². The van der Waals surface area contributed by atoms with Gasteiger partial charge in [0, 0.05) is 25.2 Å². The molecule has 0 N–H and O–H groups in total. The Morgan fingerprint density at radius 2 is 1.05 bits per heavy atom. The van der Waals surface area contributed by atoms with Crippen LogP contribution >= 0.6 is 99.4 Å². The summed E-state index contributed by atoms with van der Waals surface area (Å²) < 4.78 is 0.875. The summed E-state index contributed by atoms with van der Waals surface area (Å²) >= 11 is 21.7. The predicted octanol–water partition coefficient (Wildman–Crippen LogP) is 12.1. The number of hydrogen-bond acceptors (Lipinski definition) is 2. The number of benzene rings is 2. The SMILES string of the molecule is BrCBr.CC(C)(C)[PH+](CC(=O)c1ccccc1)C(C)(C)C.CP(C)CC(=O)c1ccccc1.ClCCl.[Br][Ni][Br]. The van der Waals surface area contributed by atoms with Gasteiger partial charge in [0.25, 0.3) is 0 Å². The van der Waals surface area contributed by atoms with Crippen molar-refractivity contribution in [2.75, 3.05) is 35.2 Å². The zero-order valence-corrected chi connectivity index (χ0v) is 34.7. The van der Waals surface area contributed by atoms with Crippen LogP contribution in [0.15, 0.2) is 60.7 Å². The van der Waals surface area contributed by atoms with Gasteiger partial charge in [0.1, 0.15) is 6.16 Å². The Bertz CT molecular complexity index is 849. The second-order valence-corrected chi connectivity index (χ2v) is 25.4. The first-order chi connectivity index (χ1) is 18.1. The van der Waals surface area contributed by atoms with Crippen LogP contribution in [0.4, 0.5) is 0 Å². The van der Waals surface area contributed by atoms with E-state index in [1.54, 1.807) is 0 Å². The molecule has 2 aromatic rings. The van der Waals surface area contributed by atoms with Crippen LogP contribution < -0.4 is 0 Å². The minimum atomic E-state index is -0.771. The van der Waals surface area contributed by atoms with Gasteiger partial charge in [-0.2, -0.15) is 0 Å². The molecule has 0 aliphatic rings. The molecule has 0 unspecified atom stereocenters. The Morgan fingerprint density at radius 3 is 1.31 bits per heavy atom. The Morgan fingerprint density at radius 1 is 0.769 bits per heavy atom. The van der Waals surface area contributed by atoms with Crippen molar-refractivity contribution in [2.45, 2.75) is 51.9 Å². The fraction of sp³-hybridized carbons (Fsp3) is 0.500. The molecule has 0 amide bonds. The molecule has 0 aliphatic carbocycles. The van der Waals surface area contributed by atoms with Crippen LogP contribution in [0, 0.1) is 0 Å². The average molecular weight is 923 g/mol. The summed E-state index contributed by atoms with van der Waals surface area (Å²) in [6.07, 6.45) is 1.43. The number of ketones is 2. The molecule has 0 saturated heterocycles. The van der Waals surface area contributed by atoms with Crippen molar-refractivity contribution >= 4 is 111 Å². The van der Waals surface area contributed by atoms with Gasteiger partial charge in [-0.1, -0.05) is 92.5 Å². The number of rotatable bonds is 6. The van der Waals surface area contributed by atoms with Crippen LogP contribution in [0.1, 0.15) is 62.3 Å². The van der Waals surface area contributed by atoms with Gasteiger partial charge in [0.15, 0.2) is 11.6 Å². The van der Waals surface area contributed by atoms with E-state index >= 15 is 0 Å². The molecule has 2 aromatic carbocycles. The molecule has 0 heterocycles. The summed E-state index contributed by atoms with van der Waals surface area (Å²) in [7, 11) is 0.366. The van der Waals surface area contributed by atoms with E-state index in [4.69, 9.17) is 23.2 Å². The van der Waals surface area contributed by atoms with Crippen molar-refractivity contribution in [1.82, 2.24) is 0 Å². The summed E-state index contributed by atoms with van der Waals surface area (Å²) in [6.45, 7) is 17.9. The molecule has 228 valence electrons. The second kappa shape index (κ2) is 27.2. The monoisotopic (exact) mass is 917 g/mol.